The molecule has 0 spiro atoms. The van der Waals surface area contributed by atoms with Crippen molar-refractivity contribution in [2.45, 2.75) is 25.1 Å². The first-order chi connectivity index (χ1) is 9.74. The molecule has 0 saturated heterocycles. The number of hydrogen-bond donors (Lipinski definition) is 3. The summed E-state index contributed by atoms with van der Waals surface area (Å²) in [6.45, 7) is -0.430. The fourth-order valence-electron chi connectivity index (χ4n) is 1.67. The fourth-order valence-corrected chi connectivity index (χ4v) is 1.67. The molecule has 0 aliphatic heterocycles. The van der Waals surface area contributed by atoms with Gasteiger partial charge in [0.15, 0.2) is 0 Å². The average molecular weight is 305 g/mol. The van der Waals surface area contributed by atoms with Crippen molar-refractivity contribution < 1.29 is 33.0 Å². The molecule has 0 saturated carbocycles. The standard InChI is InChI=1S/C13H14F3NO4/c14-13(15,16)9-3-1-2-8(6-9)7-11(19)17-10(4-5-18)12(20)21/h1-3,6,10,18H,4-5,7H2,(H,17,19)(H,20,21). The molecule has 1 rings (SSSR count). The van der Waals surface area contributed by atoms with Gasteiger partial charge in [-0.3, -0.25) is 4.79 Å². The van der Waals surface area contributed by atoms with Crippen LogP contribution in [-0.4, -0.2) is 34.7 Å². The number of aliphatic hydroxyl groups is 1. The van der Waals surface area contributed by atoms with Crippen molar-refractivity contribution in [2.24, 2.45) is 0 Å². The normalized spacial score (nSPS) is 12.8. The third-order valence-corrected chi connectivity index (χ3v) is 2.67. The zero-order valence-electron chi connectivity index (χ0n) is 10.9. The smallest absolute Gasteiger partial charge is 0.416 e. The number of nitrogens with one attached hydrogen (secondary N) is 1. The van der Waals surface area contributed by atoms with Gasteiger partial charge in [0.2, 0.25) is 5.91 Å². The van der Waals surface area contributed by atoms with Crippen LogP contribution in [0.4, 0.5) is 13.2 Å². The van der Waals surface area contributed by atoms with E-state index in [1.54, 1.807) is 0 Å². The van der Waals surface area contributed by atoms with Gasteiger partial charge in [-0.2, -0.15) is 13.2 Å². The molecule has 0 aliphatic rings. The van der Waals surface area contributed by atoms with E-state index < -0.39 is 36.3 Å². The summed E-state index contributed by atoms with van der Waals surface area (Å²) in [5.41, 5.74) is -0.756. The van der Waals surface area contributed by atoms with Crippen molar-refractivity contribution in [2.75, 3.05) is 6.61 Å². The van der Waals surface area contributed by atoms with Crippen LogP contribution < -0.4 is 5.32 Å². The Morgan fingerprint density at radius 1 is 1.29 bits per heavy atom. The van der Waals surface area contributed by atoms with E-state index in [0.29, 0.717) is 0 Å². The quantitative estimate of drug-likeness (QED) is 0.737. The summed E-state index contributed by atoms with van der Waals surface area (Å²) >= 11 is 0. The second-order valence-electron chi connectivity index (χ2n) is 4.35. The molecule has 1 amide bonds. The monoisotopic (exact) mass is 305 g/mol. The molecular formula is C13H14F3NO4. The average Bonchev–Trinajstić information content (AvgIpc) is 2.37. The number of aliphatic hydroxyl groups excluding tert-OH is 1. The van der Waals surface area contributed by atoms with Crippen LogP contribution in [0, 0.1) is 0 Å². The molecule has 0 bridgehead atoms. The number of carboxylic acids is 1. The molecule has 3 N–H and O–H groups in total. The van der Waals surface area contributed by atoms with Gasteiger partial charge >= 0.3 is 12.1 Å². The molecule has 0 aliphatic carbocycles. The van der Waals surface area contributed by atoms with Crippen LogP contribution in [0.15, 0.2) is 24.3 Å². The minimum Gasteiger partial charge on any atom is -0.480 e. The molecule has 1 aromatic rings. The minimum atomic E-state index is -4.51. The predicted molar refractivity (Wildman–Crippen MR) is 66.4 cm³/mol. The Balaban J connectivity index is 2.73. The van der Waals surface area contributed by atoms with E-state index in [0.717, 1.165) is 12.1 Å². The van der Waals surface area contributed by atoms with Gasteiger partial charge in [0.1, 0.15) is 6.04 Å². The Labute approximate surface area is 118 Å². The second kappa shape index (κ2) is 7.07. The number of halogens is 3. The number of rotatable bonds is 6. The van der Waals surface area contributed by atoms with Crippen molar-refractivity contribution >= 4 is 11.9 Å². The SMILES string of the molecule is O=C(Cc1cccc(C(F)(F)F)c1)NC(CCO)C(=O)O. The number of aliphatic carboxylic acids is 1. The summed E-state index contributed by atoms with van der Waals surface area (Å²) in [6, 6.07) is 2.97. The van der Waals surface area contributed by atoms with E-state index in [9.17, 15) is 22.8 Å². The zero-order valence-corrected chi connectivity index (χ0v) is 10.9. The maximum absolute atomic E-state index is 12.5. The van der Waals surface area contributed by atoms with Gasteiger partial charge in [-0.1, -0.05) is 18.2 Å². The predicted octanol–water partition coefficient (Wildman–Crippen LogP) is 1.20. The van der Waals surface area contributed by atoms with Crippen LogP contribution in [0.5, 0.6) is 0 Å². The van der Waals surface area contributed by atoms with Gasteiger partial charge in [-0.05, 0) is 11.6 Å². The minimum absolute atomic E-state index is 0.121. The van der Waals surface area contributed by atoms with Crippen molar-refractivity contribution in [3.63, 3.8) is 0 Å². The molecular weight excluding hydrogens is 291 g/mol. The lowest BCUT2D eigenvalue weighted by atomic mass is 10.1. The molecule has 8 heteroatoms. The fraction of sp³-hybridized carbons (Fsp3) is 0.385. The number of amides is 1. The number of carbonyl (C=O) groups excluding carboxylic acids is 1. The molecule has 1 unspecified atom stereocenters. The highest BCUT2D eigenvalue weighted by Crippen LogP contribution is 2.29. The van der Waals surface area contributed by atoms with E-state index >= 15 is 0 Å². The molecule has 1 aromatic carbocycles. The van der Waals surface area contributed by atoms with Crippen molar-refractivity contribution in [3.8, 4) is 0 Å². The van der Waals surface area contributed by atoms with Crippen molar-refractivity contribution in [1.82, 2.24) is 5.32 Å². The Kier molecular flexibility index (Phi) is 5.71. The first-order valence-electron chi connectivity index (χ1n) is 6.03. The van der Waals surface area contributed by atoms with Crippen LogP contribution in [0.1, 0.15) is 17.5 Å². The summed E-state index contributed by atoms with van der Waals surface area (Å²) < 4.78 is 37.5. The van der Waals surface area contributed by atoms with Crippen LogP contribution in [0.3, 0.4) is 0 Å². The lowest BCUT2D eigenvalue weighted by Crippen LogP contribution is -2.42. The third kappa shape index (κ3) is 5.42. The van der Waals surface area contributed by atoms with Crippen molar-refractivity contribution in [1.29, 1.82) is 0 Å². The lowest BCUT2D eigenvalue weighted by Gasteiger charge is -2.13. The maximum Gasteiger partial charge on any atom is 0.416 e. The van der Waals surface area contributed by atoms with E-state index in [-0.39, 0.29) is 18.4 Å². The van der Waals surface area contributed by atoms with Gasteiger partial charge in [0, 0.05) is 13.0 Å². The van der Waals surface area contributed by atoms with Gasteiger partial charge < -0.3 is 15.5 Å². The van der Waals surface area contributed by atoms with Gasteiger partial charge in [0.05, 0.1) is 12.0 Å². The van der Waals surface area contributed by atoms with Crippen molar-refractivity contribution in [3.05, 3.63) is 35.4 Å². The largest absolute Gasteiger partial charge is 0.480 e. The Morgan fingerprint density at radius 2 is 1.95 bits per heavy atom. The van der Waals surface area contributed by atoms with Gasteiger partial charge in [-0.15, -0.1) is 0 Å². The highest BCUT2D eigenvalue weighted by atomic mass is 19.4. The van der Waals surface area contributed by atoms with E-state index in [4.69, 9.17) is 10.2 Å². The van der Waals surface area contributed by atoms with E-state index in [2.05, 4.69) is 5.32 Å². The molecule has 0 radical (unpaired) electrons. The Bertz CT molecular complexity index is 516. The molecule has 0 fully saturated rings. The third-order valence-electron chi connectivity index (χ3n) is 2.67. The summed E-state index contributed by atoms with van der Waals surface area (Å²) in [5, 5.41) is 19.6. The van der Waals surface area contributed by atoms with Crippen LogP contribution in [-0.2, 0) is 22.2 Å². The molecule has 5 nitrogen and oxygen atoms in total. The summed E-state index contributed by atoms with van der Waals surface area (Å²) in [7, 11) is 0. The molecule has 21 heavy (non-hydrogen) atoms. The Morgan fingerprint density at radius 3 is 2.48 bits per heavy atom. The molecule has 1 atom stereocenters. The number of carboxylic acid groups (broad SMARTS) is 1. The molecule has 0 heterocycles. The lowest BCUT2D eigenvalue weighted by molar-refractivity contribution is -0.142. The Hall–Kier alpha value is -2.09. The number of carbonyl (C=O) groups is 2. The summed E-state index contributed by atoms with van der Waals surface area (Å²) in [6.07, 6.45) is -5.06. The van der Waals surface area contributed by atoms with Crippen LogP contribution in [0.2, 0.25) is 0 Å². The van der Waals surface area contributed by atoms with Crippen LogP contribution in [0.25, 0.3) is 0 Å². The number of hydrogen-bond acceptors (Lipinski definition) is 3. The van der Waals surface area contributed by atoms with Gasteiger partial charge in [-0.25, -0.2) is 4.79 Å². The maximum atomic E-state index is 12.5. The van der Waals surface area contributed by atoms with E-state index in [1.165, 1.54) is 12.1 Å². The number of alkyl halides is 3. The topological polar surface area (TPSA) is 86.6 Å². The van der Waals surface area contributed by atoms with Gasteiger partial charge in [0.25, 0.3) is 0 Å². The van der Waals surface area contributed by atoms with Crippen LogP contribution >= 0.6 is 0 Å². The van der Waals surface area contributed by atoms with E-state index in [1.807, 2.05) is 0 Å². The highest BCUT2D eigenvalue weighted by molar-refractivity contribution is 5.84. The molecule has 0 aromatic heterocycles. The first-order valence-corrected chi connectivity index (χ1v) is 6.03. The second-order valence-corrected chi connectivity index (χ2v) is 4.35. The first kappa shape index (κ1) is 17.0. The summed E-state index contributed by atoms with van der Waals surface area (Å²) in [5.74, 6) is -2.04. The molecule has 116 valence electrons. The highest BCUT2D eigenvalue weighted by Gasteiger charge is 2.30. The zero-order chi connectivity index (χ0) is 16.0. The summed E-state index contributed by atoms with van der Waals surface area (Å²) in [4.78, 5) is 22.4. The number of benzene rings is 1.